The molecule has 0 fully saturated rings. The van der Waals surface area contributed by atoms with Gasteiger partial charge in [0.25, 0.3) is 0 Å². The SMILES string of the molecule is COCCNCc1ccc(SC(C)CO)c(F)c1. The predicted molar refractivity (Wildman–Crippen MR) is 72.4 cm³/mol. The third kappa shape index (κ3) is 5.35. The lowest BCUT2D eigenvalue weighted by molar-refractivity contribution is 0.199. The van der Waals surface area contributed by atoms with Crippen molar-refractivity contribution in [2.24, 2.45) is 0 Å². The fourth-order valence-electron chi connectivity index (χ4n) is 1.41. The summed E-state index contributed by atoms with van der Waals surface area (Å²) < 4.78 is 18.7. The summed E-state index contributed by atoms with van der Waals surface area (Å²) in [5.74, 6) is -0.230. The van der Waals surface area contributed by atoms with Crippen LogP contribution in [0.1, 0.15) is 12.5 Å². The van der Waals surface area contributed by atoms with Crippen molar-refractivity contribution in [2.45, 2.75) is 23.6 Å². The van der Waals surface area contributed by atoms with Gasteiger partial charge in [-0.15, -0.1) is 11.8 Å². The first kappa shape index (κ1) is 15.4. The Morgan fingerprint density at radius 1 is 1.50 bits per heavy atom. The van der Waals surface area contributed by atoms with E-state index in [9.17, 15) is 4.39 Å². The number of nitrogens with one attached hydrogen (secondary N) is 1. The molecule has 3 nitrogen and oxygen atoms in total. The number of hydrogen-bond acceptors (Lipinski definition) is 4. The highest BCUT2D eigenvalue weighted by atomic mass is 32.2. The van der Waals surface area contributed by atoms with E-state index in [4.69, 9.17) is 9.84 Å². The quantitative estimate of drug-likeness (QED) is 0.562. The summed E-state index contributed by atoms with van der Waals surface area (Å²) in [7, 11) is 1.65. The monoisotopic (exact) mass is 273 g/mol. The van der Waals surface area contributed by atoms with E-state index in [0.29, 0.717) is 18.0 Å². The van der Waals surface area contributed by atoms with E-state index in [1.165, 1.54) is 17.8 Å². The molecule has 0 radical (unpaired) electrons. The molecule has 0 heterocycles. The van der Waals surface area contributed by atoms with Crippen LogP contribution >= 0.6 is 11.8 Å². The number of aliphatic hydroxyl groups excluding tert-OH is 1. The standard InChI is InChI=1S/C13H20FNO2S/c1-10(9-16)18-13-4-3-11(7-12(13)14)8-15-5-6-17-2/h3-4,7,10,15-16H,5-6,8-9H2,1-2H3. The number of halogens is 1. The van der Waals surface area contributed by atoms with Crippen molar-refractivity contribution in [1.82, 2.24) is 5.32 Å². The molecule has 1 atom stereocenters. The Labute approximate surface area is 112 Å². The van der Waals surface area contributed by atoms with Crippen molar-refractivity contribution in [3.05, 3.63) is 29.6 Å². The van der Waals surface area contributed by atoms with Crippen LogP contribution < -0.4 is 5.32 Å². The molecule has 0 saturated carbocycles. The van der Waals surface area contributed by atoms with Gasteiger partial charge in [0.15, 0.2) is 0 Å². The van der Waals surface area contributed by atoms with Crippen LogP contribution in [0.4, 0.5) is 4.39 Å². The zero-order valence-electron chi connectivity index (χ0n) is 10.8. The molecule has 0 aliphatic carbocycles. The minimum Gasteiger partial charge on any atom is -0.395 e. The molecule has 5 heteroatoms. The summed E-state index contributed by atoms with van der Waals surface area (Å²) >= 11 is 1.35. The van der Waals surface area contributed by atoms with Crippen molar-refractivity contribution in [2.75, 3.05) is 26.9 Å². The van der Waals surface area contributed by atoms with E-state index in [2.05, 4.69) is 5.32 Å². The summed E-state index contributed by atoms with van der Waals surface area (Å²) in [5, 5.41) is 12.1. The lowest BCUT2D eigenvalue weighted by atomic mass is 10.2. The minimum absolute atomic E-state index is 0.00479. The smallest absolute Gasteiger partial charge is 0.137 e. The van der Waals surface area contributed by atoms with Crippen LogP contribution in [0.25, 0.3) is 0 Å². The van der Waals surface area contributed by atoms with Crippen molar-refractivity contribution in [1.29, 1.82) is 0 Å². The highest BCUT2D eigenvalue weighted by Crippen LogP contribution is 2.26. The molecule has 102 valence electrons. The van der Waals surface area contributed by atoms with Gasteiger partial charge in [0.2, 0.25) is 0 Å². The summed E-state index contributed by atoms with van der Waals surface area (Å²) in [4.78, 5) is 0.581. The number of methoxy groups -OCH3 is 1. The molecule has 0 aliphatic rings. The van der Waals surface area contributed by atoms with E-state index in [1.54, 1.807) is 13.2 Å². The van der Waals surface area contributed by atoms with Gasteiger partial charge in [-0.05, 0) is 17.7 Å². The van der Waals surface area contributed by atoms with Crippen LogP contribution in [-0.2, 0) is 11.3 Å². The molecule has 18 heavy (non-hydrogen) atoms. The topological polar surface area (TPSA) is 41.5 Å². The normalized spacial score (nSPS) is 12.7. The van der Waals surface area contributed by atoms with Gasteiger partial charge >= 0.3 is 0 Å². The molecule has 0 bridgehead atoms. The van der Waals surface area contributed by atoms with Crippen molar-refractivity contribution in [3.63, 3.8) is 0 Å². The average Bonchev–Trinajstić information content (AvgIpc) is 2.37. The lowest BCUT2D eigenvalue weighted by Gasteiger charge is -2.10. The second kappa shape index (κ2) is 8.48. The molecular formula is C13H20FNO2S. The Morgan fingerprint density at radius 3 is 2.89 bits per heavy atom. The van der Waals surface area contributed by atoms with E-state index in [0.717, 1.165) is 12.1 Å². The van der Waals surface area contributed by atoms with Gasteiger partial charge in [0.1, 0.15) is 5.82 Å². The highest BCUT2D eigenvalue weighted by molar-refractivity contribution is 8.00. The third-order valence-electron chi connectivity index (χ3n) is 2.39. The highest BCUT2D eigenvalue weighted by Gasteiger charge is 2.08. The second-order valence-electron chi connectivity index (χ2n) is 4.05. The average molecular weight is 273 g/mol. The molecule has 1 unspecified atom stereocenters. The number of rotatable bonds is 8. The van der Waals surface area contributed by atoms with Crippen LogP contribution in [-0.4, -0.2) is 37.2 Å². The molecule has 0 amide bonds. The molecule has 1 rings (SSSR count). The van der Waals surface area contributed by atoms with Crippen LogP contribution in [0.2, 0.25) is 0 Å². The van der Waals surface area contributed by atoms with Crippen molar-refractivity contribution in [3.8, 4) is 0 Å². The Kier molecular flexibility index (Phi) is 7.27. The first-order valence-corrected chi connectivity index (χ1v) is 6.81. The van der Waals surface area contributed by atoms with Crippen molar-refractivity contribution >= 4 is 11.8 Å². The number of hydrogen-bond donors (Lipinski definition) is 2. The number of benzene rings is 1. The molecule has 0 aliphatic heterocycles. The zero-order valence-corrected chi connectivity index (χ0v) is 11.6. The summed E-state index contributed by atoms with van der Waals surface area (Å²) in [5.41, 5.74) is 0.907. The first-order valence-electron chi connectivity index (χ1n) is 5.93. The fourth-order valence-corrected chi connectivity index (χ4v) is 2.24. The Morgan fingerprint density at radius 2 is 2.28 bits per heavy atom. The van der Waals surface area contributed by atoms with E-state index >= 15 is 0 Å². The second-order valence-corrected chi connectivity index (χ2v) is 5.53. The minimum atomic E-state index is -0.230. The molecule has 0 saturated heterocycles. The van der Waals surface area contributed by atoms with Crippen LogP contribution in [0.15, 0.2) is 23.1 Å². The molecule has 0 aromatic heterocycles. The van der Waals surface area contributed by atoms with Gasteiger partial charge in [-0.2, -0.15) is 0 Å². The van der Waals surface area contributed by atoms with Crippen LogP contribution in [0, 0.1) is 5.82 Å². The number of aliphatic hydroxyl groups is 1. The maximum absolute atomic E-state index is 13.8. The Bertz CT molecular complexity index is 363. The lowest BCUT2D eigenvalue weighted by Crippen LogP contribution is -2.18. The molecular weight excluding hydrogens is 253 g/mol. The molecule has 0 spiro atoms. The van der Waals surface area contributed by atoms with Gasteiger partial charge in [-0.25, -0.2) is 4.39 Å². The molecule has 2 N–H and O–H groups in total. The summed E-state index contributed by atoms with van der Waals surface area (Å²) in [6.45, 7) is 3.93. The van der Waals surface area contributed by atoms with Gasteiger partial charge in [-0.1, -0.05) is 13.0 Å². The summed E-state index contributed by atoms with van der Waals surface area (Å²) in [6, 6.07) is 5.20. The zero-order chi connectivity index (χ0) is 13.4. The maximum atomic E-state index is 13.8. The number of thioether (sulfide) groups is 1. The predicted octanol–water partition coefficient (Wildman–Crippen LogP) is 2.03. The van der Waals surface area contributed by atoms with Crippen molar-refractivity contribution < 1.29 is 14.2 Å². The van der Waals surface area contributed by atoms with Crippen LogP contribution in [0.3, 0.4) is 0 Å². The molecule has 1 aromatic rings. The Balaban J connectivity index is 2.51. The van der Waals surface area contributed by atoms with Gasteiger partial charge in [0.05, 0.1) is 13.2 Å². The number of ether oxygens (including phenoxy) is 1. The Hall–Kier alpha value is -0.620. The first-order chi connectivity index (χ1) is 8.67. The van der Waals surface area contributed by atoms with Gasteiger partial charge in [-0.3, -0.25) is 0 Å². The van der Waals surface area contributed by atoms with E-state index in [-0.39, 0.29) is 17.7 Å². The summed E-state index contributed by atoms with van der Waals surface area (Å²) in [6.07, 6.45) is 0. The van der Waals surface area contributed by atoms with Gasteiger partial charge in [0, 0.05) is 30.3 Å². The largest absolute Gasteiger partial charge is 0.395 e. The molecule has 1 aromatic carbocycles. The van der Waals surface area contributed by atoms with E-state index < -0.39 is 0 Å². The maximum Gasteiger partial charge on any atom is 0.137 e. The van der Waals surface area contributed by atoms with Crippen LogP contribution in [0.5, 0.6) is 0 Å². The van der Waals surface area contributed by atoms with Gasteiger partial charge < -0.3 is 15.2 Å². The third-order valence-corrected chi connectivity index (χ3v) is 3.53. The fraction of sp³-hybridized carbons (Fsp3) is 0.538. The van der Waals surface area contributed by atoms with E-state index in [1.807, 2.05) is 13.0 Å².